The number of hydrogen-bond acceptors (Lipinski definition) is 2. The quantitative estimate of drug-likeness (QED) is 0.233. The van der Waals surface area contributed by atoms with Crippen molar-refractivity contribution in [3.05, 3.63) is 131 Å². The average molecular weight is 521 g/mol. The lowest BCUT2D eigenvalue weighted by Gasteiger charge is -2.28. The minimum absolute atomic E-state index is 0.0457. The van der Waals surface area contributed by atoms with Crippen LogP contribution in [0.15, 0.2) is 109 Å². The fourth-order valence-electron chi connectivity index (χ4n) is 6.96. The number of hydrogen-bond donors (Lipinski definition) is 0. The van der Waals surface area contributed by atoms with Crippen LogP contribution in [0.5, 0.6) is 0 Å². The molecule has 0 atom stereocenters. The van der Waals surface area contributed by atoms with Gasteiger partial charge in [0.15, 0.2) is 0 Å². The highest BCUT2D eigenvalue weighted by Crippen LogP contribution is 2.57. The maximum Gasteiger partial charge on any atom is 0.0465 e. The molecule has 2 aliphatic rings. The summed E-state index contributed by atoms with van der Waals surface area (Å²) in [7, 11) is 4.24. The third kappa shape index (κ3) is 3.48. The maximum atomic E-state index is 2.50. The minimum Gasteiger partial charge on any atom is -0.378 e. The topological polar surface area (TPSA) is 6.48 Å². The molecular weight excluding hydrogens is 484 g/mol. The third-order valence-electron chi connectivity index (χ3n) is 9.24. The molecule has 7 rings (SSSR count). The van der Waals surface area contributed by atoms with Gasteiger partial charge in [-0.05, 0) is 105 Å². The molecule has 0 amide bonds. The van der Waals surface area contributed by atoms with Crippen LogP contribution in [0.3, 0.4) is 0 Å². The summed E-state index contributed by atoms with van der Waals surface area (Å²) in [6, 6.07) is 40.4. The van der Waals surface area contributed by atoms with Gasteiger partial charge in [0.05, 0.1) is 0 Å². The van der Waals surface area contributed by atoms with E-state index in [2.05, 4.69) is 161 Å². The number of benzene rings is 5. The summed E-state index contributed by atoms with van der Waals surface area (Å²) >= 11 is 0. The van der Waals surface area contributed by atoms with Gasteiger partial charge >= 0.3 is 0 Å². The summed E-state index contributed by atoms with van der Waals surface area (Å²) in [5.74, 6) is 0. The van der Waals surface area contributed by atoms with Crippen LogP contribution < -0.4 is 9.80 Å². The molecule has 0 unspecified atom stereocenters. The summed E-state index contributed by atoms with van der Waals surface area (Å²) in [6.07, 6.45) is 0. The molecule has 2 aliphatic carbocycles. The van der Waals surface area contributed by atoms with Gasteiger partial charge < -0.3 is 9.80 Å². The summed E-state index contributed by atoms with van der Waals surface area (Å²) in [5.41, 5.74) is 15.8. The minimum atomic E-state index is -0.106. The van der Waals surface area contributed by atoms with Crippen LogP contribution >= 0.6 is 0 Å². The molecule has 2 heteroatoms. The van der Waals surface area contributed by atoms with Crippen LogP contribution in [0.1, 0.15) is 49.9 Å². The van der Waals surface area contributed by atoms with Crippen LogP contribution in [0, 0.1) is 0 Å². The number of anilines is 4. The van der Waals surface area contributed by atoms with Gasteiger partial charge in [0.1, 0.15) is 0 Å². The molecule has 0 aromatic heterocycles. The van der Waals surface area contributed by atoms with Crippen LogP contribution in [0.25, 0.3) is 22.3 Å². The zero-order chi connectivity index (χ0) is 27.8. The first-order chi connectivity index (χ1) is 19.2. The Hall–Kier alpha value is -4.30. The first kappa shape index (κ1) is 24.7. The lowest BCUT2D eigenvalue weighted by Crippen LogP contribution is -2.18. The van der Waals surface area contributed by atoms with E-state index in [1.165, 1.54) is 55.9 Å². The predicted molar refractivity (Wildman–Crippen MR) is 171 cm³/mol. The highest BCUT2D eigenvalue weighted by Gasteiger charge is 2.42. The standard InChI is InChI=1S/C38H36N2/c1-37(2)33-21-27(39(5)6)17-19-29(33)31-23-36-32(24-35(31)37)30-20-18-28(22-34(30)38(36,3)4)40(25-13-9-7-10-14-25)26-15-11-8-12-16-26/h7-24H,1-6H3. The second-order valence-electron chi connectivity index (χ2n) is 12.6. The molecule has 2 nitrogen and oxygen atoms in total. The number of para-hydroxylation sites is 2. The van der Waals surface area contributed by atoms with E-state index in [0.717, 1.165) is 11.4 Å². The number of fused-ring (bicyclic) bond motifs is 6. The van der Waals surface area contributed by atoms with E-state index in [1.54, 1.807) is 0 Å². The summed E-state index contributed by atoms with van der Waals surface area (Å²) in [5, 5.41) is 0. The number of rotatable bonds is 4. The van der Waals surface area contributed by atoms with Gasteiger partial charge in [-0.15, -0.1) is 0 Å². The molecule has 5 aromatic rings. The molecule has 0 fully saturated rings. The highest BCUT2D eigenvalue weighted by atomic mass is 15.1. The lowest BCUT2D eigenvalue weighted by atomic mass is 9.79. The van der Waals surface area contributed by atoms with Crippen molar-refractivity contribution in [3.8, 4) is 22.3 Å². The Labute approximate surface area is 238 Å². The Morgan fingerprint density at radius 1 is 0.400 bits per heavy atom. The monoisotopic (exact) mass is 520 g/mol. The Morgan fingerprint density at radius 3 is 1.25 bits per heavy atom. The second kappa shape index (κ2) is 8.60. The van der Waals surface area contributed by atoms with E-state index >= 15 is 0 Å². The van der Waals surface area contributed by atoms with Crippen molar-refractivity contribution in [2.45, 2.75) is 38.5 Å². The van der Waals surface area contributed by atoms with E-state index in [4.69, 9.17) is 0 Å². The van der Waals surface area contributed by atoms with E-state index in [9.17, 15) is 0 Å². The molecule has 198 valence electrons. The summed E-state index contributed by atoms with van der Waals surface area (Å²) in [6.45, 7) is 9.54. The van der Waals surface area contributed by atoms with Gasteiger partial charge in [-0.3, -0.25) is 0 Å². The average Bonchev–Trinajstić information content (AvgIpc) is 3.32. The van der Waals surface area contributed by atoms with Gasteiger partial charge in [0, 0.05) is 47.7 Å². The highest BCUT2D eigenvalue weighted by molar-refractivity contribution is 5.91. The Bertz CT molecular complexity index is 1720. The van der Waals surface area contributed by atoms with E-state index in [0.29, 0.717) is 0 Å². The molecule has 5 aromatic carbocycles. The molecule has 40 heavy (non-hydrogen) atoms. The zero-order valence-electron chi connectivity index (χ0n) is 24.3. The predicted octanol–water partition coefficient (Wildman–Crippen LogP) is 9.83. The molecule has 0 spiro atoms. The van der Waals surface area contributed by atoms with Crippen molar-refractivity contribution in [3.63, 3.8) is 0 Å². The van der Waals surface area contributed by atoms with Crippen molar-refractivity contribution in [2.75, 3.05) is 23.9 Å². The maximum absolute atomic E-state index is 2.50. The van der Waals surface area contributed by atoms with Gasteiger partial charge in [0.2, 0.25) is 0 Å². The summed E-state index contributed by atoms with van der Waals surface area (Å²) in [4.78, 5) is 4.56. The molecular formula is C38H36N2. The van der Waals surface area contributed by atoms with Crippen LogP contribution in [-0.2, 0) is 10.8 Å². The molecule has 0 saturated carbocycles. The first-order valence-electron chi connectivity index (χ1n) is 14.2. The van der Waals surface area contributed by atoms with E-state index < -0.39 is 0 Å². The van der Waals surface area contributed by atoms with Crippen molar-refractivity contribution in [1.29, 1.82) is 0 Å². The second-order valence-corrected chi connectivity index (χ2v) is 12.6. The Kier molecular flexibility index (Phi) is 5.31. The van der Waals surface area contributed by atoms with E-state index in [1.807, 2.05) is 0 Å². The van der Waals surface area contributed by atoms with Gasteiger partial charge in [-0.25, -0.2) is 0 Å². The fraction of sp³-hybridized carbons (Fsp3) is 0.211. The Balaban J connectivity index is 1.38. The van der Waals surface area contributed by atoms with Gasteiger partial charge in [0.25, 0.3) is 0 Å². The fourth-order valence-corrected chi connectivity index (χ4v) is 6.96. The SMILES string of the molecule is CN(C)c1ccc2c(c1)C(C)(C)c1cc3c(cc1-2)C(C)(C)c1cc(N(c2ccccc2)c2ccccc2)ccc1-3. The molecule has 0 aliphatic heterocycles. The first-order valence-corrected chi connectivity index (χ1v) is 14.2. The zero-order valence-corrected chi connectivity index (χ0v) is 24.3. The molecule has 0 N–H and O–H groups in total. The largest absolute Gasteiger partial charge is 0.378 e. The van der Waals surface area contributed by atoms with Crippen molar-refractivity contribution >= 4 is 22.7 Å². The smallest absolute Gasteiger partial charge is 0.0465 e. The molecule has 0 radical (unpaired) electrons. The third-order valence-corrected chi connectivity index (χ3v) is 9.24. The van der Waals surface area contributed by atoms with Crippen LogP contribution in [0.2, 0.25) is 0 Å². The van der Waals surface area contributed by atoms with Crippen molar-refractivity contribution < 1.29 is 0 Å². The molecule has 0 saturated heterocycles. The van der Waals surface area contributed by atoms with Crippen molar-refractivity contribution in [1.82, 2.24) is 0 Å². The van der Waals surface area contributed by atoms with Crippen molar-refractivity contribution in [2.24, 2.45) is 0 Å². The molecule has 0 heterocycles. The van der Waals surface area contributed by atoms with Gasteiger partial charge in [-0.1, -0.05) is 76.2 Å². The van der Waals surface area contributed by atoms with Crippen LogP contribution in [0.4, 0.5) is 22.7 Å². The van der Waals surface area contributed by atoms with E-state index in [-0.39, 0.29) is 10.8 Å². The number of nitrogens with zero attached hydrogens (tertiary/aromatic N) is 2. The Morgan fingerprint density at radius 2 is 0.800 bits per heavy atom. The van der Waals surface area contributed by atoms with Gasteiger partial charge in [-0.2, -0.15) is 0 Å². The van der Waals surface area contributed by atoms with Crippen LogP contribution in [-0.4, -0.2) is 14.1 Å². The lowest BCUT2D eigenvalue weighted by molar-refractivity contribution is 0.652. The normalized spacial score (nSPS) is 15.2. The summed E-state index contributed by atoms with van der Waals surface area (Å²) < 4.78 is 0. The molecule has 0 bridgehead atoms.